The van der Waals surface area contributed by atoms with Gasteiger partial charge in [-0.1, -0.05) is 42.5 Å². The van der Waals surface area contributed by atoms with Crippen LogP contribution in [0.4, 0.5) is 17.1 Å². The molecule has 5 nitrogen and oxygen atoms in total. The number of rotatable bonds is 5. The number of fused-ring (bicyclic) bond motifs is 6. The van der Waals surface area contributed by atoms with Crippen LogP contribution in [0.3, 0.4) is 0 Å². The smallest absolute Gasteiger partial charge is 0.340 e. The van der Waals surface area contributed by atoms with E-state index in [9.17, 15) is 4.79 Å². The van der Waals surface area contributed by atoms with Gasteiger partial charge in [0.15, 0.2) is 5.60 Å². The molecule has 4 aromatic carbocycles. The first-order valence-corrected chi connectivity index (χ1v) is 12.0. The van der Waals surface area contributed by atoms with Crippen LogP contribution in [0, 0.1) is 0 Å². The van der Waals surface area contributed by atoms with Gasteiger partial charge in [0, 0.05) is 46.8 Å². The van der Waals surface area contributed by atoms with Crippen molar-refractivity contribution in [1.82, 2.24) is 0 Å². The first-order valence-electron chi connectivity index (χ1n) is 12.0. The Morgan fingerprint density at radius 3 is 2.29 bits per heavy atom. The summed E-state index contributed by atoms with van der Waals surface area (Å²) in [7, 11) is 0. The Bertz CT molecular complexity index is 1440. The molecular formula is C30H26N2O3. The molecule has 35 heavy (non-hydrogen) atoms. The highest BCUT2D eigenvalue weighted by Crippen LogP contribution is 2.56. The molecule has 0 saturated carbocycles. The normalized spacial score (nSPS) is 17.1. The average molecular weight is 463 g/mol. The summed E-state index contributed by atoms with van der Waals surface area (Å²) >= 11 is 0. The van der Waals surface area contributed by atoms with Crippen LogP contribution in [0.15, 0.2) is 91.0 Å². The Hall–Kier alpha value is -4.25. The molecule has 2 aliphatic rings. The van der Waals surface area contributed by atoms with Crippen LogP contribution in [0.25, 0.3) is 0 Å². The molecule has 0 amide bonds. The Labute approximate surface area is 204 Å². The summed E-state index contributed by atoms with van der Waals surface area (Å²) in [5, 5.41) is 3.54. The molecule has 5 heteroatoms. The van der Waals surface area contributed by atoms with Crippen LogP contribution >= 0.6 is 0 Å². The van der Waals surface area contributed by atoms with Crippen molar-refractivity contribution >= 4 is 23.0 Å². The van der Waals surface area contributed by atoms with Crippen molar-refractivity contribution in [2.24, 2.45) is 0 Å². The van der Waals surface area contributed by atoms with Gasteiger partial charge >= 0.3 is 5.97 Å². The predicted molar refractivity (Wildman–Crippen MR) is 138 cm³/mol. The zero-order valence-electron chi connectivity index (χ0n) is 19.7. The van der Waals surface area contributed by atoms with Gasteiger partial charge in [-0.25, -0.2) is 4.79 Å². The van der Waals surface area contributed by atoms with Gasteiger partial charge in [-0.05, 0) is 62.4 Å². The maximum absolute atomic E-state index is 13.0. The second-order valence-electron chi connectivity index (χ2n) is 8.77. The highest BCUT2D eigenvalue weighted by atomic mass is 16.6. The third-order valence-corrected chi connectivity index (χ3v) is 6.88. The van der Waals surface area contributed by atoms with Crippen molar-refractivity contribution in [3.05, 3.63) is 113 Å². The lowest BCUT2D eigenvalue weighted by Gasteiger charge is -2.36. The number of carbonyl (C=O) groups excluding carboxylic acids is 1. The van der Waals surface area contributed by atoms with E-state index in [0.717, 1.165) is 41.2 Å². The minimum atomic E-state index is -1.06. The van der Waals surface area contributed by atoms with Crippen molar-refractivity contribution in [3.63, 3.8) is 0 Å². The van der Waals surface area contributed by atoms with Crippen LogP contribution in [0.1, 0.15) is 40.9 Å². The third-order valence-electron chi connectivity index (χ3n) is 6.88. The second-order valence-corrected chi connectivity index (χ2v) is 8.77. The Morgan fingerprint density at radius 1 is 0.743 bits per heavy atom. The first kappa shape index (κ1) is 21.3. The van der Waals surface area contributed by atoms with Gasteiger partial charge in [0.1, 0.15) is 11.5 Å². The molecule has 1 N–H and O–H groups in total. The van der Waals surface area contributed by atoms with E-state index in [1.54, 1.807) is 0 Å². The first-order chi connectivity index (χ1) is 17.1. The van der Waals surface area contributed by atoms with E-state index < -0.39 is 5.60 Å². The quantitative estimate of drug-likeness (QED) is 0.329. The number of nitrogens with one attached hydrogen (secondary N) is 1. The number of nitrogens with zero attached hydrogens (tertiary/aromatic N) is 1. The topological polar surface area (TPSA) is 50.8 Å². The standard InChI is InChI=1S/C30H26N2O3/c1-3-32(4-2)22-11-9-10-20(18-22)31-21-16-17-28-26(19-21)30(25-14-7-8-15-27(25)34-28)24-13-6-5-12-23(24)29(33)35-30/h5-19,31H,3-4H2,1-2H3. The van der Waals surface area contributed by atoms with Crippen molar-refractivity contribution in [1.29, 1.82) is 0 Å². The predicted octanol–water partition coefficient (Wildman–Crippen LogP) is 6.84. The zero-order chi connectivity index (χ0) is 24.0. The Kier molecular flexibility index (Phi) is 4.99. The van der Waals surface area contributed by atoms with E-state index in [1.807, 2.05) is 66.7 Å². The number of hydrogen-bond acceptors (Lipinski definition) is 5. The number of hydrogen-bond donors (Lipinski definition) is 1. The van der Waals surface area contributed by atoms with Crippen LogP contribution in [-0.4, -0.2) is 19.1 Å². The minimum absolute atomic E-state index is 0.325. The van der Waals surface area contributed by atoms with Crippen LogP contribution in [0.5, 0.6) is 11.5 Å². The second kappa shape index (κ2) is 8.20. The van der Waals surface area contributed by atoms with E-state index >= 15 is 0 Å². The molecule has 1 unspecified atom stereocenters. The molecule has 2 aliphatic heterocycles. The van der Waals surface area contributed by atoms with Crippen molar-refractivity contribution in [2.45, 2.75) is 19.4 Å². The van der Waals surface area contributed by atoms with Gasteiger partial charge in [0.25, 0.3) is 0 Å². The lowest BCUT2D eigenvalue weighted by molar-refractivity contribution is 0.0224. The molecular weight excluding hydrogens is 436 g/mol. The molecule has 0 radical (unpaired) electrons. The summed E-state index contributed by atoms with van der Waals surface area (Å²) in [5.74, 6) is 1.04. The van der Waals surface area contributed by atoms with Gasteiger partial charge < -0.3 is 19.7 Å². The van der Waals surface area contributed by atoms with E-state index in [4.69, 9.17) is 9.47 Å². The fraction of sp³-hybridized carbons (Fsp3) is 0.167. The highest BCUT2D eigenvalue weighted by Gasteiger charge is 2.53. The number of carbonyl (C=O) groups is 1. The fourth-order valence-corrected chi connectivity index (χ4v) is 5.23. The summed E-state index contributed by atoms with van der Waals surface area (Å²) in [5.41, 5.74) is 5.05. The molecule has 0 bridgehead atoms. The zero-order valence-corrected chi connectivity index (χ0v) is 19.7. The van der Waals surface area contributed by atoms with E-state index in [1.165, 1.54) is 5.69 Å². The van der Waals surface area contributed by atoms with Gasteiger partial charge in [-0.2, -0.15) is 0 Å². The molecule has 174 valence electrons. The van der Waals surface area contributed by atoms with Gasteiger partial charge in [-0.3, -0.25) is 0 Å². The summed E-state index contributed by atoms with van der Waals surface area (Å²) in [6, 6.07) is 29.7. The van der Waals surface area contributed by atoms with Gasteiger partial charge in [-0.15, -0.1) is 0 Å². The third kappa shape index (κ3) is 3.27. The molecule has 4 aromatic rings. The summed E-state index contributed by atoms with van der Waals surface area (Å²) in [4.78, 5) is 15.3. The minimum Gasteiger partial charge on any atom is -0.456 e. The fourth-order valence-electron chi connectivity index (χ4n) is 5.23. The Morgan fingerprint density at radius 2 is 1.46 bits per heavy atom. The number of para-hydroxylation sites is 1. The molecule has 0 saturated heterocycles. The monoisotopic (exact) mass is 462 g/mol. The van der Waals surface area contributed by atoms with Crippen molar-refractivity contribution in [3.8, 4) is 11.5 Å². The lowest BCUT2D eigenvalue weighted by Crippen LogP contribution is -2.33. The summed E-state index contributed by atoms with van der Waals surface area (Å²) in [6.07, 6.45) is 0. The van der Waals surface area contributed by atoms with Crippen LogP contribution in [-0.2, 0) is 10.3 Å². The average Bonchev–Trinajstić information content (AvgIpc) is 3.19. The molecule has 2 heterocycles. The van der Waals surface area contributed by atoms with E-state index in [0.29, 0.717) is 17.1 Å². The molecule has 6 rings (SSSR count). The SMILES string of the molecule is CCN(CC)c1cccc(Nc2ccc3c(c2)C2(OC(=O)c4ccccc42)c2ccccc2O3)c1. The maximum Gasteiger partial charge on any atom is 0.340 e. The summed E-state index contributed by atoms with van der Waals surface area (Å²) < 4.78 is 12.5. The number of anilines is 3. The largest absolute Gasteiger partial charge is 0.456 e. The number of benzene rings is 4. The summed E-state index contributed by atoms with van der Waals surface area (Å²) in [6.45, 7) is 6.21. The number of ether oxygens (including phenoxy) is 2. The van der Waals surface area contributed by atoms with Crippen LogP contribution < -0.4 is 15.0 Å². The molecule has 0 fully saturated rings. The molecule has 1 spiro atoms. The van der Waals surface area contributed by atoms with Crippen LogP contribution in [0.2, 0.25) is 0 Å². The maximum atomic E-state index is 13.0. The van der Waals surface area contributed by atoms with E-state index in [2.05, 4.69) is 48.3 Å². The molecule has 0 aliphatic carbocycles. The molecule has 1 atom stereocenters. The lowest BCUT2D eigenvalue weighted by atomic mass is 9.77. The van der Waals surface area contributed by atoms with Gasteiger partial charge in [0.05, 0.1) is 5.56 Å². The molecule has 0 aromatic heterocycles. The Balaban J connectivity index is 1.47. The highest BCUT2D eigenvalue weighted by molar-refractivity contribution is 5.97. The van der Waals surface area contributed by atoms with Crippen molar-refractivity contribution < 1.29 is 14.3 Å². The van der Waals surface area contributed by atoms with Crippen molar-refractivity contribution in [2.75, 3.05) is 23.3 Å². The number of esters is 1. The van der Waals surface area contributed by atoms with E-state index in [-0.39, 0.29) is 5.97 Å². The van der Waals surface area contributed by atoms with Gasteiger partial charge in [0.2, 0.25) is 0 Å².